The molecule has 0 aromatic carbocycles. The molecule has 2 heterocycles. The molecule has 1 fully saturated rings. The Bertz CT molecular complexity index is 543. The molecule has 1 amide bonds. The molecule has 0 N–H and O–H groups in total. The molecule has 1 atom stereocenters. The van der Waals surface area contributed by atoms with E-state index in [2.05, 4.69) is 20.9 Å². The lowest BCUT2D eigenvalue weighted by Crippen LogP contribution is -2.42. The number of rotatable bonds is 6. The van der Waals surface area contributed by atoms with Gasteiger partial charge in [-0.15, -0.1) is 0 Å². The van der Waals surface area contributed by atoms with Crippen LogP contribution < -0.4 is 0 Å². The third-order valence-corrected chi connectivity index (χ3v) is 4.60. The molecule has 6 heteroatoms. The molecule has 140 valence electrons. The maximum absolute atomic E-state index is 12.2. The number of likely N-dealkylation sites (tertiary alicyclic amines) is 1. The van der Waals surface area contributed by atoms with Crippen LogP contribution in [-0.4, -0.2) is 41.3 Å². The summed E-state index contributed by atoms with van der Waals surface area (Å²) < 4.78 is 12.0. The highest BCUT2D eigenvalue weighted by Crippen LogP contribution is 2.23. The lowest BCUT2D eigenvalue weighted by Gasteiger charge is -2.34. The number of pyridine rings is 1. The highest BCUT2D eigenvalue weighted by atomic mass is 79.9. The highest BCUT2D eigenvalue weighted by Gasteiger charge is 2.27. The van der Waals surface area contributed by atoms with Gasteiger partial charge in [-0.2, -0.15) is 0 Å². The standard InChI is InChI=1S/C19H29BrN2O3/c1-19(2,3)25-18(23)22-10-4-6-15(13-22)7-5-11-24-14-16-8-9-17(20)21-12-16/h8-9,12,15H,4-7,10-11,13-14H2,1-3H3/t15-/m1/s1. The predicted octanol–water partition coefficient (Wildman–Crippen LogP) is 4.79. The van der Waals surface area contributed by atoms with Gasteiger partial charge in [0.25, 0.3) is 0 Å². The average molecular weight is 413 g/mol. The van der Waals surface area contributed by atoms with E-state index in [-0.39, 0.29) is 6.09 Å². The van der Waals surface area contributed by atoms with Gasteiger partial charge in [-0.1, -0.05) is 6.07 Å². The first kappa shape index (κ1) is 20.2. The first-order valence-corrected chi connectivity index (χ1v) is 9.79. The van der Waals surface area contributed by atoms with Gasteiger partial charge >= 0.3 is 6.09 Å². The Balaban J connectivity index is 1.63. The first-order chi connectivity index (χ1) is 11.8. The van der Waals surface area contributed by atoms with Crippen LogP contribution in [0, 0.1) is 5.92 Å². The fourth-order valence-corrected chi connectivity index (χ4v) is 3.18. The van der Waals surface area contributed by atoms with Gasteiger partial charge in [0, 0.05) is 25.9 Å². The van der Waals surface area contributed by atoms with E-state index in [1.54, 1.807) is 0 Å². The zero-order valence-corrected chi connectivity index (χ0v) is 17.0. The molecule has 0 aliphatic carbocycles. The second-order valence-electron chi connectivity index (χ2n) is 7.62. The Morgan fingerprint density at radius 1 is 1.40 bits per heavy atom. The van der Waals surface area contributed by atoms with E-state index in [9.17, 15) is 4.79 Å². The summed E-state index contributed by atoms with van der Waals surface area (Å²) >= 11 is 3.32. The molecular formula is C19H29BrN2O3. The summed E-state index contributed by atoms with van der Waals surface area (Å²) in [4.78, 5) is 18.2. The topological polar surface area (TPSA) is 51.7 Å². The minimum atomic E-state index is -0.431. The Labute approximate surface area is 159 Å². The lowest BCUT2D eigenvalue weighted by atomic mass is 9.94. The van der Waals surface area contributed by atoms with E-state index in [1.807, 2.05) is 44.0 Å². The van der Waals surface area contributed by atoms with Crippen LogP contribution in [0.4, 0.5) is 4.79 Å². The fraction of sp³-hybridized carbons (Fsp3) is 0.684. The van der Waals surface area contributed by atoms with Crippen molar-refractivity contribution < 1.29 is 14.3 Å². The Kier molecular flexibility index (Phi) is 7.69. The Hall–Kier alpha value is -1.14. The zero-order chi connectivity index (χ0) is 18.3. The van der Waals surface area contributed by atoms with Crippen LogP contribution >= 0.6 is 15.9 Å². The normalized spacial score (nSPS) is 18.2. The van der Waals surface area contributed by atoms with Gasteiger partial charge in [0.05, 0.1) is 6.61 Å². The average Bonchev–Trinajstić information content (AvgIpc) is 2.55. The van der Waals surface area contributed by atoms with Crippen molar-refractivity contribution in [1.29, 1.82) is 0 Å². The summed E-state index contributed by atoms with van der Waals surface area (Å²) in [6.45, 7) is 8.65. The summed E-state index contributed by atoms with van der Waals surface area (Å²) in [5.74, 6) is 0.541. The molecule has 0 radical (unpaired) electrons. The number of carbonyl (C=O) groups excluding carboxylic acids is 1. The van der Waals surface area contributed by atoms with E-state index in [0.29, 0.717) is 12.5 Å². The number of hydrogen-bond donors (Lipinski definition) is 0. The van der Waals surface area contributed by atoms with Crippen molar-refractivity contribution in [2.45, 2.75) is 58.7 Å². The van der Waals surface area contributed by atoms with E-state index < -0.39 is 5.60 Å². The van der Waals surface area contributed by atoms with Crippen molar-refractivity contribution in [3.63, 3.8) is 0 Å². The van der Waals surface area contributed by atoms with Crippen molar-refractivity contribution in [2.75, 3.05) is 19.7 Å². The molecule has 1 aliphatic rings. The first-order valence-electron chi connectivity index (χ1n) is 8.99. The summed E-state index contributed by atoms with van der Waals surface area (Å²) in [5.41, 5.74) is 0.650. The maximum atomic E-state index is 12.2. The third kappa shape index (κ3) is 7.74. The van der Waals surface area contributed by atoms with Crippen LogP contribution in [0.3, 0.4) is 0 Å². The quantitative estimate of drug-likeness (QED) is 0.497. The number of piperidine rings is 1. The number of nitrogens with zero attached hydrogens (tertiary/aromatic N) is 2. The fourth-order valence-electron chi connectivity index (χ4n) is 2.95. The van der Waals surface area contributed by atoms with E-state index in [0.717, 1.165) is 49.1 Å². The molecule has 25 heavy (non-hydrogen) atoms. The summed E-state index contributed by atoms with van der Waals surface area (Å²) in [7, 11) is 0. The van der Waals surface area contributed by atoms with Gasteiger partial charge in [-0.05, 0) is 79.9 Å². The molecular weight excluding hydrogens is 384 g/mol. The van der Waals surface area contributed by atoms with E-state index in [4.69, 9.17) is 9.47 Å². The molecule has 1 aromatic rings. The second-order valence-corrected chi connectivity index (χ2v) is 8.43. The number of hydrogen-bond acceptors (Lipinski definition) is 4. The lowest BCUT2D eigenvalue weighted by molar-refractivity contribution is 0.0155. The zero-order valence-electron chi connectivity index (χ0n) is 15.5. The van der Waals surface area contributed by atoms with Gasteiger partial charge < -0.3 is 14.4 Å². The van der Waals surface area contributed by atoms with Crippen molar-refractivity contribution >= 4 is 22.0 Å². The highest BCUT2D eigenvalue weighted by molar-refractivity contribution is 9.10. The molecule has 5 nitrogen and oxygen atoms in total. The minimum absolute atomic E-state index is 0.184. The van der Waals surface area contributed by atoms with Gasteiger partial charge in [0.2, 0.25) is 0 Å². The van der Waals surface area contributed by atoms with Gasteiger partial charge in [-0.3, -0.25) is 0 Å². The molecule has 0 spiro atoms. The van der Waals surface area contributed by atoms with Crippen molar-refractivity contribution in [3.05, 3.63) is 28.5 Å². The number of ether oxygens (including phenoxy) is 2. The summed E-state index contributed by atoms with van der Waals surface area (Å²) in [6, 6.07) is 3.93. The molecule has 0 saturated carbocycles. The van der Waals surface area contributed by atoms with E-state index in [1.165, 1.54) is 6.42 Å². The van der Waals surface area contributed by atoms with Gasteiger partial charge in [0.15, 0.2) is 0 Å². The summed E-state index contributed by atoms with van der Waals surface area (Å²) in [5, 5.41) is 0. The van der Waals surface area contributed by atoms with Crippen LogP contribution in [0.25, 0.3) is 0 Å². The molecule has 0 unspecified atom stereocenters. The summed E-state index contributed by atoms with van der Waals surface area (Å²) in [6.07, 6.45) is 5.96. The van der Waals surface area contributed by atoms with Crippen molar-refractivity contribution in [3.8, 4) is 0 Å². The van der Waals surface area contributed by atoms with E-state index >= 15 is 0 Å². The molecule has 1 saturated heterocycles. The SMILES string of the molecule is CC(C)(C)OC(=O)N1CCC[C@H](CCCOCc2ccc(Br)nc2)C1. The number of carbonyl (C=O) groups is 1. The third-order valence-electron chi connectivity index (χ3n) is 4.13. The molecule has 1 aliphatic heterocycles. The van der Waals surface area contributed by atoms with Crippen molar-refractivity contribution in [1.82, 2.24) is 9.88 Å². The Morgan fingerprint density at radius 2 is 2.20 bits per heavy atom. The van der Waals surface area contributed by atoms with Crippen LogP contribution in [0.1, 0.15) is 52.0 Å². The van der Waals surface area contributed by atoms with Gasteiger partial charge in [0.1, 0.15) is 10.2 Å². The largest absolute Gasteiger partial charge is 0.444 e. The second kappa shape index (κ2) is 9.53. The maximum Gasteiger partial charge on any atom is 0.410 e. The number of aromatic nitrogens is 1. The van der Waals surface area contributed by atoms with Crippen LogP contribution in [0.15, 0.2) is 22.9 Å². The van der Waals surface area contributed by atoms with Crippen LogP contribution in [0.2, 0.25) is 0 Å². The predicted molar refractivity (Wildman–Crippen MR) is 101 cm³/mol. The molecule has 0 bridgehead atoms. The van der Waals surface area contributed by atoms with Crippen LogP contribution in [-0.2, 0) is 16.1 Å². The Morgan fingerprint density at radius 3 is 2.88 bits per heavy atom. The van der Waals surface area contributed by atoms with Gasteiger partial charge in [-0.25, -0.2) is 9.78 Å². The smallest absolute Gasteiger partial charge is 0.410 e. The molecule has 2 rings (SSSR count). The monoisotopic (exact) mass is 412 g/mol. The number of halogens is 1. The molecule has 1 aromatic heterocycles. The van der Waals surface area contributed by atoms with Crippen LogP contribution in [0.5, 0.6) is 0 Å². The minimum Gasteiger partial charge on any atom is -0.444 e. The number of amides is 1. The van der Waals surface area contributed by atoms with Crippen molar-refractivity contribution in [2.24, 2.45) is 5.92 Å².